The number of ketones is 1. The molecule has 0 bridgehead atoms. The first-order valence-electron chi connectivity index (χ1n) is 4.47. The number of methoxy groups -OCH3 is 1. The predicted octanol–water partition coefficient (Wildman–Crippen LogP) is 2.34. The maximum Gasteiger partial charge on any atom is 0.254 e. The van der Waals surface area contributed by atoms with Crippen LogP contribution in [0.1, 0.15) is 6.92 Å². The Labute approximate surface area is 97.6 Å². The molecular formula is C11H13BrO3. The van der Waals surface area contributed by atoms with Crippen molar-refractivity contribution in [3.8, 4) is 0 Å². The van der Waals surface area contributed by atoms with Gasteiger partial charge in [-0.1, -0.05) is 22.0 Å². The fourth-order valence-corrected chi connectivity index (χ4v) is 1.65. The third-order valence-electron chi connectivity index (χ3n) is 2.10. The fraction of sp³-hybridized carbons (Fsp3) is 0.364. The third kappa shape index (κ3) is 2.45. The summed E-state index contributed by atoms with van der Waals surface area (Å²) in [4.78, 5) is 11.8. The summed E-state index contributed by atoms with van der Waals surface area (Å²) in [6, 6.07) is 0. The van der Waals surface area contributed by atoms with Crippen molar-refractivity contribution in [2.75, 3.05) is 13.7 Å². The first-order valence-corrected chi connectivity index (χ1v) is 5.26. The van der Waals surface area contributed by atoms with Crippen LogP contribution in [0.15, 0.2) is 34.9 Å². The molecule has 0 fully saturated rings. The van der Waals surface area contributed by atoms with E-state index in [2.05, 4.69) is 22.5 Å². The molecule has 0 saturated heterocycles. The molecule has 0 spiro atoms. The molecule has 0 aromatic heterocycles. The van der Waals surface area contributed by atoms with E-state index in [1.54, 1.807) is 12.2 Å². The van der Waals surface area contributed by atoms with Crippen molar-refractivity contribution in [3.05, 3.63) is 34.9 Å². The number of carbonyl (C=O) groups is 1. The van der Waals surface area contributed by atoms with Crippen LogP contribution in [0.25, 0.3) is 0 Å². The van der Waals surface area contributed by atoms with Crippen LogP contribution in [-0.4, -0.2) is 25.3 Å². The van der Waals surface area contributed by atoms with Gasteiger partial charge in [0.05, 0.1) is 6.61 Å². The van der Waals surface area contributed by atoms with Gasteiger partial charge in [-0.15, -0.1) is 6.58 Å². The molecule has 1 aliphatic rings. The second-order valence-corrected chi connectivity index (χ2v) is 4.01. The molecule has 15 heavy (non-hydrogen) atoms. The van der Waals surface area contributed by atoms with Crippen LogP contribution >= 0.6 is 15.9 Å². The third-order valence-corrected chi connectivity index (χ3v) is 2.96. The Morgan fingerprint density at radius 3 is 2.87 bits per heavy atom. The molecular weight excluding hydrogens is 260 g/mol. The summed E-state index contributed by atoms with van der Waals surface area (Å²) in [5.74, 6) is -1.53. The standard InChI is InChI=1S/C11H13BrO3/c1-4-5-15-11(14-3)7-9(12)8(2)6-10(11)13/h4,6-7H,1,5H2,2-3H3. The lowest BCUT2D eigenvalue weighted by Crippen LogP contribution is -2.42. The van der Waals surface area contributed by atoms with Crippen LogP contribution in [0.2, 0.25) is 0 Å². The van der Waals surface area contributed by atoms with Gasteiger partial charge in [0, 0.05) is 11.6 Å². The zero-order chi connectivity index (χ0) is 11.5. The van der Waals surface area contributed by atoms with E-state index in [1.165, 1.54) is 13.2 Å². The van der Waals surface area contributed by atoms with Crippen LogP contribution in [0.3, 0.4) is 0 Å². The average Bonchev–Trinajstić information content (AvgIpc) is 2.22. The maximum absolute atomic E-state index is 11.8. The zero-order valence-corrected chi connectivity index (χ0v) is 10.3. The summed E-state index contributed by atoms with van der Waals surface area (Å²) < 4.78 is 11.3. The van der Waals surface area contributed by atoms with E-state index >= 15 is 0 Å². The highest BCUT2D eigenvalue weighted by Crippen LogP contribution is 2.30. The average molecular weight is 273 g/mol. The Morgan fingerprint density at radius 1 is 1.67 bits per heavy atom. The predicted molar refractivity (Wildman–Crippen MR) is 61.7 cm³/mol. The molecule has 0 aromatic carbocycles. The van der Waals surface area contributed by atoms with Gasteiger partial charge in [-0.3, -0.25) is 4.79 Å². The van der Waals surface area contributed by atoms with E-state index in [1.807, 2.05) is 6.92 Å². The Hall–Kier alpha value is -0.710. The summed E-state index contributed by atoms with van der Waals surface area (Å²) in [7, 11) is 1.44. The summed E-state index contributed by atoms with van der Waals surface area (Å²) in [5, 5.41) is 0. The lowest BCUT2D eigenvalue weighted by atomic mass is 10.0. The van der Waals surface area contributed by atoms with E-state index in [0.717, 1.165) is 10.1 Å². The van der Waals surface area contributed by atoms with Crippen LogP contribution in [0.5, 0.6) is 0 Å². The number of ether oxygens (including phenoxy) is 2. The van der Waals surface area contributed by atoms with Gasteiger partial charge in [0.15, 0.2) is 0 Å². The van der Waals surface area contributed by atoms with Gasteiger partial charge in [0.2, 0.25) is 5.78 Å². The Bertz CT molecular complexity index is 344. The summed E-state index contributed by atoms with van der Waals surface area (Å²) >= 11 is 3.34. The van der Waals surface area contributed by atoms with E-state index < -0.39 is 5.79 Å². The number of rotatable bonds is 4. The van der Waals surface area contributed by atoms with Gasteiger partial charge in [-0.05, 0) is 24.6 Å². The highest BCUT2D eigenvalue weighted by molar-refractivity contribution is 9.12. The number of halogens is 1. The summed E-state index contributed by atoms with van der Waals surface area (Å²) in [5.41, 5.74) is 0.856. The number of allylic oxidation sites excluding steroid dienone is 2. The molecule has 1 unspecified atom stereocenters. The van der Waals surface area contributed by atoms with Gasteiger partial charge in [-0.25, -0.2) is 0 Å². The SMILES string of the molecule is C=CCOC1(OC)C=C(Br)C(C)=CC1=O. The molecule has 0 saturated carbocycles. The number of hydrogen-bond donors (Lipinski definition) is 0. The van der Waals surface area contributed by atoms with Gasteiger partial charge in [0.25, 0.3) is 5.79 Å². The van der Waals surface area contributed by atoms with Crippen LogP contribution in [0.4, 0.5) is 0 Å². The first kappa shape index (κ1) is 12.4. The zero-order valence-electron chi connectivity index (χ0n) is 8.75. The maximum atomic E-state index is 11.8. The molecule has 3 nitrogen and oxygen atoms in total. The Morgan fingerprint density at radius 2 is 2.33 bits per heavy atom. The molecule has 1 rings (SSSR count). The van der Waals surface area contributed by atoms with Gasteiger partial charge in [0.1, 0.15) is 0 Å². The van der Waals surface area contributed by atoms with E-state index in [-0.39, 0.29) is 12.4 Å². The highest BCUT2D eigenvalue weighted by Gasteiger charge is 2.38. The van der Waals surface area contributed by atoms with E-state index in [9.17, 15) is 4.79 Å². The molecule has 0 amide bonds. The minimum absolute atomic E-state index is 0.215. The van der Waals surface area contributed by atoms with E-state index in [0.29, 0.717) is 0 Å². The minimum Gasteiger partial charge on any atom is -0.343 e. The normalized spacial score (nSPS) is 25.9. The quantitative estimate of drug-likeness (QED) is 0.582. The van der Waals surface area contributed by atoms with Gasteiger partial charge < -0.3 is 9.47 Å². The van der Waals surface area contributed by atoms with Crippen molar-refractivity contribution in [1.29, 1.82) is 0 Å². The highest BCUT2D eigenvalue weighted by atomic mass is 79.9. The lowest BCUT2D eigenvalue weighted by molar-refractivity contribution is -0.187. The van der Waals surface area contributed by atoms with Crippen molar-refractivity contribution < 1.29 is 14.3 Å². The molecule has 0 heterocycles. The van der Waals surface area contributed by atoms with Gasteiger partial charge >= 0.3 is 0 Å². The summed E-state index contributed by atoms with van der Waals surface area (Å²) in [6.07, 6.45) is 4.69. The number of carbonyl (C=O) groups excluding carboxylic acids is 1. The van der Waals surface area contributed by atoms with Crippen molar-refractivity contribution in [1.82, 2.24) is 0 Å². The second kappa shape index (κ2) is 4.88. The largest absolute Gasteiger partial charge is 0.343 e. The van der Waals surface area contributed by atoms with Crippen molar-refractivity contribution >= 4 is 21.7 Å². The lowest BCUT2D eigenvalue weighted by Gasteiger charge is -2.29. The fourth-order valence-electron chi connectivity index (χ4n) is 1.23. The first-order chi connectivity index (χ1) is 7.05. The summed E-state index contributed by atoms with van der Waals surface area (Å²) in [6.45, 7) is 5.62. The molecule has 4 heteroatoms. The molecule has 1 atom stereocenters. The van der Waals surface area contributed by atoms with Crippen molar-refractivity contribution in [2.45, 2.75) is 12.7 Å². The van der Waals surface area contributed by atoms with Crippen LogP contribution < -0.4 is 0 Å². The molecule has 1 aliphatic carbocycles. The molecule has 0 aliphatic heterocycles. The van der Waals surface area contributed by atoms with Crippen LogP contribution in [0, 0.1) is 0 Å². The molecule has 0 aromatic rings. The number of hydrogen-bond acceptors (Lipinski definition) is 3. The van der Waals surface area contributed by atoms with Gasteiger partial charge in [-0.2, -0.15) is 0 Å². The van der Waals surface area contributed by atoms with E-state index in [4.69, 9.17) is 9.47 Å². The van der Waals surface area contributed by atoms with Crippen molar-refractivity contribution in [3.63, 3.8) is 0 Å². The Balaban J connectivity index is 3.00. The second-order valence-electron chi connectivity index (χ2n) is 3.16. The van der Waals surface area contributed by atoms with Crippen molar-refractivity contribution in [2.24, 2.45) is 0 Å². The molecule has 0 radical (unpaired) electrons. The molecule has 0 N–H and O–H groups in total. The van der Waals surface area contributed by atoms with Crippen LogP contribution in [-0.2, 0) is 14.3 Å². The smallest absolute Gasteiger partial charge is 0.254 e. The minimum atomic E-state index is -1.31. The Kier molecular flexibility index (Phi) is 4.02. The monoisotopic (exact) mass is 272 g/mol. The topological polar surface area (TPSA) is 35.5 Å². The molecule has 82 valence electrons.